The maximum atomic E-state index is 5.46. The molecule has 0 N–H and O–H groups in total. The summed E-state index contributed by atoms with van der Waals surface area (Å²) in [4.78, 5) is 0. The van der Waals surface area contributed by atoms with Gasteiger partial charge >= 0.3 is 0 Å². The maximum absolute atomic E-state index is 5.46. The second-order valence-corrected chi connectivity index (χ2v) is 4.53. The lowest BCUT2D eigenvalue weighted by molar-refractivity contribution is 0.127. The summed E-state index contributed by atoms with van der Waals surface area (Å²) in [7, 11) is 0. The van der Waals surface area contributed by atoms with Crippen LogP contribution in [0.3, 0.4) is 0 Å². The molecule has 0 bridgehead atoms. The lowest BCUT2D eigenvalue weighted by Crippen LogP contribution is -2.13. The van der Waals surface area contributed by atoms with Gasteiger partial charge in [-0.25, -0.2) is 0 Å². The van der Waals surface area contributed by atoms with E-state index in [4.69, 9.17) is 4.74 Å². The Hall–Kier alpha value is 0.400. The number of thiol groups is 1. The molecule has 2 atom stereocenters. The molecule has 0 aromatic heterocycles. The van der Waals surface area contributed by atoms with Crippen molar-refractivity contribution in [3.8, 4) is 0 Å². The van der Waals surface area contributed by atoms with E-state index in [9.17, 15) is 0 Å². The smallest absolute Gasteiger partial charge is 0.0666 e. The van der Waals surface area contributed by atoms with Crippen molar-refractivity contribution in [2.24, 2.45) is 0 Å². The van der Waals surface area contributed by atoms with Crippen molar-refractivity contribution in [2.45, 2.75) is 24.7 Å². The van der Waals surface area contributed by atoms with Crippen LogP contribution in [0.25, 0.3) is 0 Å². The SMILES string of the molecule is CC1OCCC1SC/C=C/CS. The topological polar surface area (TPSA) is 9.23 Å². The molecule has 0 aromatic carbocycles. The monoisotopic (exact) mass is 204 g/mol. The summed E-state index contributed by atoms with van der Waals surface area (Å²) in [5.41, 5.74) is 0. The van der Waals surface area contributed by atoms with E-state index >= 15 is 0 Å². The van der Waals surface area contributed by atoms with E-state index in [2.05, 4.69) is 31.7 Å². The Labute approximate surface area is 84.4 Å². The standard InChI is InChI=1S/C9H16OS2/c1-8-9(4-5-10-8)12-7-3-2-6-11/h2-3,8-9,11H,4-7H2,1H3/b3-2+. The number of thioether (sulfide) groups is 1. The average molecular weight is 204 g/mol. The molecule has 0 amide bonds. The van der Waals surface area contributed by atoms with Crippen LogP contribution in [0.4, 0.5) is 0 Å². The molecule has 1 aliphatic heterocycles. The molecule has 1 saturated heterocycles. The first-order valence-corrected chi connectivity index (χ1v) is 6.01. The largest absolute Gasteiger partial charge is 0.377 e. The van der Waals surface area contributed by atoms with Crippen molar-refractivity contribution < 1.29 is 4.74 Å². The molecular formula is C9H16OS2. The highest BCUT2D eigenvalue weighted by Gasteiger charge is 2.23. The second kappa shape index (κ2) is 5.95. The van der Waals surface area contributed by atoms with Crippen LogP contribution >= 0.6 is 24.4 Å². The summed E-state index contributed by atoms with van der Waals surface area (Å²) in [6.45, 7) is 3.10. The molecular weight excluding hydrogens is 188 g/mol. The average Bonchev–Trinajstić information content (AvgIpc) is 2.46. The highest BCUT2D eigenvalue weighted by atomic mass is 32.2. The summed E-state index contributed by atoms with van der Waals surface area (Å²) < 4.78 is 5.46. The Morgan fingerprint density at radius 1 is 1.58 bits per heavy atom. The number of rotatable bonds is 4. The zero-order valence-electron chi connectivity index (χ0n) is 7.40. The molecule has 0 aliphatic carbocycles. The van der Waals surface area contributed by atoms with E-state index in [0.29, 0.717) is 11.4 Å². The zero-order valence-corrected chi connectivity index (χ0v) is 9.11. The summed E-state index contributed by atoms with van der Waals surface area (Å²) in [5, 5.41) is 0.703. The molecule has 70 valence electrons. The van der Waals surface area contributed by atoms with Crippen molar-refractivity contribution in [1.29, 1.82) is 0 Å². The van der Waals surface area contributed by atoms with Gasteiger partial charge < -0.3 is 4.74 Å². The van der Waals surface area contributed by atoms with Crippen LogP contribution in [0.2, 0.25) is 0 Å². The first-order chi connectivity index (χ1) is 5.84. The van der Waals surface area contributed by atoms with Gasteiger partial charge in [0, 0.05) is 23.4 Å². The van der Waals surface area contributed by atoms with Crippen LogP contribution in [0, 0.1) is 0 Å². The maximum Gasteiger partial charge on any atom is 0.0666 e. The minimum Gasteiger partial charge on any atom is -0.377 e. The van der Waals surface area contributed by atoms with Crippen LogP contribution in [0.1, 0.15) is 13.3 Å². The Morgan fingerprint density at radius 3 is 3.00 bits per heavy atom. The van der Waals surface area contributed by atoms with Gasteiger partial charge in [-0.1, -0.05) is 12.2 Å². The van der Waals surface area contributed by atoms with Gasteiger partial charge in [0.05, 0.1) is 6.10 Å². The van der Waals surface area contributed by atoms with E-state index in [1.165, 1.54) is 6.42 Å². The molecule has 0 aromatic rings. The molecule has 1 aliphatic rings. The fourth-order valence-electron chi connectivity index (χ4n) is 1.25. The third-order valence-corrected chi connectivity index (χ3v) is 3.63. The lowest BCUT2D eigenvalue weighted by atomic mass is 10.3. The Bertz CT molecular complexity index is 147. The first kappa shape index (κ1) is 10.5. The van der Waals surface area contributed by atoms with Gasteiger partial charge in [-0.05, 0) is 13.3 Å². The van der Waals surface area contributed by atoms with E-state index in [1.54, 1.807) is 0 Å². The van der Waals surface area contributed by atoms with Gasteiger partial charge in [-0.2, -0.15) is 24.4 Å². The minimum atomic E-state index is 0.444. The van der Waals surface area contributed by atoms with E-state index in [-0.39, 0.29) is 0 Å². The third kappa shape index (κ3) is 3.42. The molecule has 1 heterocycles. The summed E-state index contributed by atoms with van der Waals surface area (Å²) in [5.74, 6) is 1.94. The zero-order chi connectivity index (χ0) is 8.81. The molecule has 1 nitrogen and oxygen atoms in total. The van der Waals surface area contributed by atoms with Crippen LogP contribution in [0.5, 0.6) is 0 Å². The third-order valence-electron chi connectivity index (χ3n) is 1.99. The van der Waals surface area contributed by atoms with Crippen molar-refractivity contribution >= 4 is 24.4 Å². The first-order valence-electron chi connectivity index (χ1n) is 4.33. The van der Waals surface area contributed by atoms with Gasteiger partial charge in [-0.3, -0.25) is 0 Å². The fourth-order valence-corrected chi connectivity index (χ4v) is 2.51. The number of ether oxygens (including phenoxy) is 1. The van der Waals surface area contributed by atoms with Gasteiger partial charge in [-0.15, -0.1) is 0 Å². The van der Waals surface area contributed by atoms with Crippen LogP contribution in [-0.2, 0) is 4.74 Å². The van der Waals surface area contributed by atoms with E-state index in [1.807, 2.05) is 11.8 Å². The summed E-state index contributed by atoms with van der Waals surface area (Å²) in [6, 6.07) is 0. The van der Waals surface area contributed by atoms with Crippen molar-refractivity contribution in [2.75, 3.05) is 18.1 Å². The highest BCUT2D eigenvalue weighted by Crippen LogP contribution is 2.25. The Balaban J connectivity index is 2.10. The molecule has 0 spiro atoms. The minimum absolute atomic E-state index is 0.444. The number of hydrogen-bond acceptors (Lipinski definition) is 3. The number of hydrogen-bond donors (Lipinski definition) is 1. The fraction of sp³-hybridized carbons (Fsp3) is 0.778. The normalized spacial score (nSPS) is 30.2. The molecule has 2 unspecified atom stereocenters. The van der Waals surface area contributed by atoms with Gasteiger partial charge in [0.15, 0.2) is 0 Å². The predicted octanol–water partition coefficient (Wildman–Crippen LogP) is 2.38. The summed E-state index contributed by atoms with van der Waals surface area (Å²) in [6.07, 6.45) is 5.93. The molecule has 0 saturated carbocycles. The van der Waals surface area contributed by atoms with Crippen LogP contribution < -0.4 is 0 Å². The summed E-state index contributed by atoms with van der Waals surface area (Å²) >= 11 is 6.09. The molecule has 12 heavy (non-hydrogen) atoms. The lowest BCUT2D eigenvalue weighted by Gasteiger charge is -2.11. The quantitative estimate of drug-likeness (QED) is 0.556. The molecule has 0 radical (unpaired) electrons. The second-order valence-electron chi connectivity index (χ2n) is 2.89. The van der Waals surface area contributed by atoms with Crippen molar-refractivity contribution in [3.63, 3.8) is 0 Å². The van der Waals surface area contributed by atoms with Crippen molar-refractivity contribution in [3.05, 3.63) is 12.2 Å². The predicted molar refractivity (Wildman–Crippen MR) is 59.3 cm³/mol. The van der Waals surface area contributed by atoms with E-state index < -0.39 is 0 Å². The molecule has 1 fully saturated rings. The van der Waals surface area contributed by atoms with Crippen LogP contribution in [-0.4, -0.2) is 29.5 Å². The van der Waals surface area contributed by atoms with Gasteiger partial charge in [0.2, 0.25) is 0 Å². The van der Waals surface area contributed by atoms with Gasteiger partial charge in [0.25, 0.3) is 0 Å². The van der Waals surface area contributed by atoms with E-state index in [0.717, 1.165) is 18.1 Å². The molecule has 1 rings (SSSR count). The Morgan fingerprint density at radius 2 is 2.42 bits per heavy atom. The molecule has 3 heteroatoms. The van der Waals surface area contributed by atoms with Gasteiger partial charge in [0.1, 0.15) is 0 Å². The van der Waals surface area contributed by atoms with Crippen molar-refractivity contribution in [1.82, 2.24) is 0 Å². The Kier molecular flexibility index (Phi) is 5.19. The van der Waals surface area contributed by atoms with Crippen LogP contribution in [0.15, 0.2) is 12.2 Å². The highest BCUT2D eigenvalue weighted by molar-refractivity contribution is 8.00.